The summed E-state index contributed by atoms with van der Waals surface area (Å²) in [6.07, 6.45) is 3.33. The van der Waals surface area contributed by atoms with Crippen LogP contribution < -0.4 is 10.1 Å². The Morgan fingerprint density at radius 3 is 2.37 bits per heavy atom. The van der Waals surface area contributed by atoms with Crippen molar-refractivity contribution in [1.29, 1.82) is 0 Å². The van der Waals surface area contributed by atoms with Crippen molar-refractivity contribution in [2.45, 2.75) is 59.9 Å². The van der Waals surface area contributed by atoms with Crippen LogP contribution in [0.15, 0.2) is 48.8 Å². The van der Waals surface area contributed by atoms with E-state index in [4.69, 9.17) is 14.2 Å². The fourth-order valence-electron chi connectivity index (χ4n) is 3.46. The zero-order valence-electron chi connectivity index (χ0n) is 22.5. The summed E-state index contributed by atoms with van der Waals surface area (Å²) in [5.74, 6) is -3.96. The van der Waals surface area contributed by atoms with E-state index in [2.05, 4.69) is 15.3 Å². The molecule has 1 unspecified atom stereocenters. The molecule has 0 aliphatic carbocycles. The van der Waals surface area contributed by atoms with Gasteiger partial charge in [0.2, 0.25) is 0 Å². The third-order valence-electron chi connectivity index (χ3n) is 5.07. The number of hydrogen-bond donors (Lipinski definition) is 1. The molecule has 0 spiro atoms. The molecule has 2 aromatic heterocycles. The van der Waals surface area contributed by atoms with Crippen molar-refractivity contribution in [2.24, 2.45) is 0 Å². The van der Waals surface area contributed by atoms with E-state index in [9.17, 15) is 18.0 Å². The lowest BCUT2D eigenvalue weighted by Gasteiger charge is -2.17. The first kappa shape index (κ1) is 30.7. The molecule has 1 fully saturated rings. The zero-order chi connectivity index (χ0) is 28.3. The third kappa shape index (κ3) is 8.00. The Kier molecular flexibility index (Phi) is 11.7. The number of rotatable bonds is 7. The molecule has 0 bridgehead atoms. The third-order valence-corrected chi connectivity index (χ3v) is 5.07. The quantitative estimate of drug-likeness (QED) is 0.360. The summed E-state index contributed by atoms with van der Waals surface area (Å²) in [4.78, 5) is 20.6. The van der Waals surface area contributed by atoms with Gasteiger partial charge in [-0.3, -0.25) is 9.78 Å². The molecular formula is C28H34F3N3O4. The van der Waals surface area contributed by atoms with Gasteiger partial charge in [-0.15, -0.1) is 0 Å². The van der Waals surface area contributed by atoms with Crippen LogP contribution in [0.2, 0.25) is 0 Å². The largest absolute Gasteiger partial charge is 0.491 e. The predicted octanol–water partition coefficient (Wildman–Crippen LogP) is 6.79. The van der Waals surface area contributed by atoms with E-state index in [-0.39, 0.29) is 17.5 Å². The van der Waals surface area contributed by atoms with Crippen LogP contribution in [0.3, 0.4) is 0 Å². The van der Waals surface area contributed by atoms with Gasteiger partial charge < -0.3 is 19.5 Å². The molecule has 1 aromatic carbocycles. The average molecular weight is 534 g/mol. The zero-order valence-corrected chi connectivity index (χ0v) is 22.5. The SMILES string of the molecule is CC.CC.CC1(C)OCC(CCOc2ccncc2NC(=O)c2ccc(F)c(-c3c(F)cccc3F)n2)O1. The summed E-state index contributed by atoms with van der Waals surface area (Å²) >= 11 is 0. The van der Waals surface area contributed by atoms with Gasteiger partial charge in [-0.05, 0) is 38.1 Å². The van der Waals surface area contributed by atoms with E-state index in [0.29, 0.717) is 25.4 Å². The Morgan fingerprint density at radius 2 is 1.74 bits per heavy atom. The van der Waals surface area contributed by atoms with Gasteiger partial charge in [-0.25, -0.2) is 18.2 Å². The minimum Gasteiger partial charge on any atom is -0.491 e. The minimum absolute atomic E-state index is 0.115. The van der Waals surface area contributed by atoms with Gasteiger partial charge >= 0.3 is 0 Å². The topological polar surface area (TPSA) is 82.6 Å². The fraction of sp³-hybridized carbons (Fsp3) is 0.393. The molecule has 1 amide bonds. The molecule has 0 radical (unpaired) electrons. The van der Waals surface area contributed by atoms with E-state index in [1.165, 1.54) is 12.4 Å². The lowest BCUT2D eigenvalue weighted by atomic mass is 10.1. The molecule has 1 N–H and O–H groups in total. The number of ether oxygens (including phenoxy) is 3. The van der Waals surface area contributed by atoms with Crippen molar-refractivity contribution < 1.29 is 32.2 Å². The number of aromatic nitrogens is 2. The molecule has 206 valence electrons. The molecule has 3 heterocycles. The van der Waals surface area contributed by atoms with Crippen LogP contribution in [0.1, 0.15) is 58.5 Å². The Morgan fingerprint density at radius 1 is 1.05 bits per heavy atom. The van der Waals surface area contributed by atoms with Crippen molar-refractivity contribution in [3.05, 3.63) is 71.9 Å². The lowest BCUT2D eigenvalue weighted by Crippen LogP contribution is -2.22. The maximum Gasteiger partial charge on any atom is 0.274 e. The number of hydrogen-bond acceptors (Lipinski definition) is 6. The van der Waals surface area contributed by atoms with Crippen LogP contribution in [-0.4, -0.2) is 41.0 Å². The van der Waals surface area contributed by atoms with E-state index in [0.717, 1.165) is 30.3 Å². The second-order valence-electron chi connectivity index (χ2n) is 8.04. The number of nitrogens with zero attached hydrogens (tertiary/aromatic N) is 2. The van der Waals surface area contributed by atoms with E-state index >= 15 is 0 Å². The summed E-state index contributed by atoms with van der Waals surface area (Å²) in [5.41, 5.74) is -1.25. The molecule has 0 saturated carbocycles. The number of anilines is 1. The van der Waals surface area contributed by atoms with Gasteiger partial charge in [-0.2, -0.15) is 0 Å². The molecule has 10 heteroatoms. The van der Waals surface area contributed by atoms with Crippen molar-refractivity contribution in [1.82, 2.24) is 9.97 Å². The summed E-state index contributed by atoms with van der Waals surface area (Å²) in [7, 11) is 0. The summed E-state index contributed by atoms with van der Waals surface area (Å²) in [6.45, 7) is 12.4. The van der Waals surface area contributed by atoms with Gasteiger partial charge in [0.25, 0.3) is 5.91 Å². The summed E-state index contributed by atoms with van der Waals surface area (Å²) < 4.78 is 59.6. The van der Waals surface area contributed by atoms with Crippen LogP contribution in [-0.2, 0) is 9.47 Å². The van der Waals surface area contributed by atoms with Gasteiger partial charge in [0.15, 0.2) is 5.79 Å². The number of pyridine rings is 2. The highest BCUT2D eigenvalue weighted by molar-refractivity contribution is 6.03. The molecular weight excluding hydrogens is 499 g/mol. The second-order valence-corrected chi connectivity index (χ2v) is 8.04. The van der Waals surface area contributed by atoms with Crippen molar-refractivity contribution >= 4 is 11.6 Å². The number of benzene rings is 1. The minimum atomic E-state index is -0.994. The van der Waals surface area contributed by atoms with Gasteiger partial charge in [0.1, 0.15) is 40.3 Å². The highest BCUT2D eigenvalue weighted by Crippen LogP contribution is 2.29. The molecule has 38 heavy (non-hydrogen) atoms. The average Bonchev–Trinajstić information content (AvgIpc) is 3.26. The maximum atomic E-state index is 14.3. The van der Waals surface area contributed by atoms with Gasteiger partial charge in [-0.1, -0.05) is 33.8 Å². The molecule has 1 aliphatic heterocycles. The van der Waals surface area contributed by atoms with Gasteiger partial charge in [0, 0.05) is 18.7 Å². The highest BCUT2D eigenvalue weighted by atomic mass is 19.1. The van der Waals surface area contributed by atoms with E-state index < -0.39 is 40.4 Å². The van der Waals surface area contributed by atoms with Crippen LogP contribution in [0.4, 0.5) is 18.9 Å². The molecule has 1 aliphatic rings. The predicted molar refractivity (Wildman–Crippen MR) is 139 cm³/mol. The smallest absolute Gasteiger partial charge is 0.274 e. The standard InChI is InChI=1S/C24H22F3N3O4.2C2H6/c1-24(2)33-13-14(34-24)9-11-32-20-8-10-28-12-19(20)30-23(31)18-7-6-17(27)22(29-18)21-15(25)4-3-5-16(21)26;2*1-2/h3-8,10,12,14H,9,11,13H2,1-2H3,(H,30,31);2*1-2H3. The Hall–Kier alpha value is -3.50. The van der Waals surface area contributed by atoms with E-state index in [1.54, 1.807) is 6.07 Å². The number of nitrogens with one attached hydrogen (secondary N) is 1. The van der Waals surface area contributed by atoms with Crippen molar-refractivity contribution in [3.63, 3.8) is 0 Å². The first-order valence-corrected chi connectivity index (χ1v) is 12.5. The number of halogens is 3. The molecule has 7 nitrogen and oxygen atoms in total. The second kappa shape index (κ2) is 14.4. The first-order valence-electron chi connectivity index (χ1n) is 12.5. The van der Waals surface area contributed by atoms with Crippen molar-refractivity contribution in [2.75, 3.05) is 18.5 Å². The summed E-state index contributed by atoms with van der Waals surface area (Å²) in [5, 5.41) is 2.59. The van der Waals surface area contributed by atoms with E-state index in [1.807, 2.05) is 41.5 Å². The first-order chi connectivity index (χ1) is 18.2. The lowest BCUT2D eigenvalue weighted by molar-refractivity contribution is -0.139. The molecule has 3 aromatic rings. The number of carbonyl (C=O) groups excluding carboxylic acids is 1. The Bertz CT molecular complexity index is 1190. The number of carbonyl (C=O) groups is 1. The van der Waals surface area contributed by atoms with Gasteiger partial charge in [0.05, 0.1) is 31.1 Å². The number of amides is 1. The molecule has 4 rings (SSSR count). The van der Waals surface area contributed by atoms with Crippen LogP contribution in [0.25, 0.3) is 11.3 Å². The Labute approximate surface area is 221 Å². The highest BCUT2D eigenvalue weighted by Gasteiger charge is 2.32. The van der Waals surface area contributed by atoms with Crippen LogP contribution in [0.5, 0.6) is 5.75 Å². The Balaban J connectivity index is 0.00000121. The van der Waals surface area contributed by atoms with Crippen LogP contribution in [0, 0.1) is 17.5 Å². The molecule has 1 saturated heterocycles. The van der Waals surface area contributed by atoms with Crippen LogP contribution >= 0.6 is 0 Å². The fourth-order valence-corrected chi connectivity index (χ4v) is 3.46. The maximum absolute atomic E-state index is 14.3. The monoisotopic (exact) mass is 533 g/mol. The van der Waals surface area contributed by atoms with Crippen molar-refractivity contribution in [3.8, 4) is 17.0 Å². The normalized spacial score (nSPS) is 15.4. The molecule has 1 atom stereocenters. The summed E-state index contributed by atoms with van der Waals surface area (Å²) in [6, 6.07) is 6.73.